The summed E-state index contributed by atoms with van der Waals surface area (Å²) in [5, 5.41) is 0.752. The van der Waals surface area contributed by atoms with Gasteiger partial charge in [-0.1, -0.05) is 11.6 Å². The second-order valence-electron chi connectivity index (χ2n) is 4.04. The highest BCUT2D eigenvalue weighted by molar-refractivity contribution is 6.31. The third kappa shape index (κ3) is 3.05. The van der Waals surface area contributed by atoms with Gasteiger partial charge in [0, 0.05) is 17.2 Å². The standard InChI is InChI=1S/C14H12ClNO4/c1-3-19-12(17)5-4-11-16-13-8(2)6-9(15)7-10(13)14(18)20-11/h4-7H,3H2,1-2H3. The Labute approximate surface area is 119 Å². The molecule has 0 aliphatic rings. The molecule has 6 heteroatoms. The lowest BCUT2D eigenvalue weighted by molar-refractivity contribution is -0.137. The van der Waals surface area contributed by atoms with Crippen LogP contribution < -0.4 is 5.63 Å². The van der Waals surface area contributed by atoms with Crippen molar-refractivity contribution in [2.75, 3.05) is 6.61 Å². The number of carbonyl (C=O) groups is 1. The molecule has 1 aromatic carbocycles. The number of hydrogen-bond acceptors (Lipinski definition) is 5. The lowest BCUT2D eigenvalue weighted by atomic mass is 10.1. The quantitative estimate of drug-likeness (QED) is 0.643. The molecule has 0 spiro atoms. The minimum absolute atomic E-state index is 0.0426. The molecule has 0 fully saturated rings. The Morgan fingerprint density at radius 1 is 1.50 bits per heavy atom. The van der Waals surface area contributed by atoms with Gasteiger partial charge in [-0.25, -0.2) is 14.6 Å². The number of aryl methyl sites for hydroxylation is 1. The molecular weight excluding hydrogens is 282 g/mol. The topological polar surface area (TPSA) is 69.4 Å². The van der Waals surface area contributed by atoms with Gasteiger partial charge < -0.3 is 9.15 Å². The van der Waals surface area contributed by atoms with Crippen LogP contribution in [0.4, 0.5) is 0 Å². The van der Waals surface area contributed by atoms with Crippen LogP contribution in [0.15, 0.2) is 27.4 Å². The normalized spacial score (nSPS) is 11.2. The number of fused-ring (bicyclic) bond motifs is 1. The zero-order chi connectivity index (χ0) is 14.7. The SMILES string of the molecule is CCOC(=O)C=Cc1nc2c(C)cc(Cl)cc2c(=O)o1. The van der Waals surface area contributed by atoms with Crippen LogP contribution in [-0.2, 0) is 9.53 Å². The summed E-state index contributed by atoms with van der Waals surface area (Å²) in [6.07, 6.45) is 2.46. The Hall–Kier alpha value is -2.14. The molecule has 0 bridgehead atoms. The molecular formula is C14H12ClNO4. The highest BCUT2D eigenvalue weighted by atomic mass is 35.5. The van der Waals surface area contributed by atoms with Crippen molar-refractivity contribution in [3.05, 3.63) is 45.1 Å². The average Bonchev–Trinajstić information content (AvgIpc) is 2.38. The minimum Gasteiger partial charge on any atom is -0.463 e. The fourth-order valence-corrected chi connectivity index (χ4v) is 2.00. The molecule has 0 aliphatic heterocycles. The van der Waals surface area contributed by atoms with Crippen LogP contribution in [-0.4, -0.2) is 17.6 Å². The fraction of sp³-hybridized carbons (Fsp3) is 0.214. The highest BCUT2D eigenvalue weighted by Gasteiger charge is 2.08. The molecule has 1 heterocycles. The number of esters is 1. The maximum absolute atomic E-state index is 11.9. The fourth-order valence-electron chi connectivity index (χ4n) is 1.72. The van der Waals surface area contributed by atoms with E-state index in [1.165, 1.54) is 12.1 Å². The number of carbonyl (C=O) groups excluding carboxylic acids is 1. The second kappa shape index (κ2) is 5.88. The van der Waals surface area contributed by atoms with Crippen molar-refractivity contribution in [2.45, 2.75) is 13.8 Å². The molecule has 2 rings (SSSR count). The largest absolute Gasteiger partial charge is 0.463 e. The second-order valence-corrected chi connectivity index (χ2v) is 4.48. The van der Waals surface area contributed by atoms with E-state index in [4.69, 9.17) is 20.8 Å². The first kappa shape index (κ1) is 14.3. The number of benzene rings is 1. The highest BCUT2D eigenvalue weighted by Crippen LogP contribution is 2.20. The molecule has 2 aromatic rings. The molecule has 1 aromatic heterocycles. The molecule has 0 atom stereocenters. The predicted octanol–water partition coefficient (Wildman–Crippen LogP) is 2.73. The molecule has 0 unspecified atom stereocenters. The molecule has 0 amide bonds. The van der Waals surface area contributed by atoms with E-state index >= 15 is 0 Å². The Bertz CT molecular complexity index is 749. The van der Waals surface area contributed by atoms with Crippen molar-refractivity contribution in [2.24, 2.45) is 0 Å². The van der Waals surface area contributed by atoms with E-state index in [2.05, 4.69) is 4.98 Å². The van der Waals surface area contributed by atoms with Gasteiger partial charge >= 0.3 is 11.6 Å². The maximum atomic E-state index is 11.9. The summed E-state index contributed by atoms with van der Waals surface area (Å²) in [6.45, 7) is 3.77. The van der Waals surface area contributed by atoms with E-state index in [9.17, 15) is 9.59 Å². The summed E-state index contributed by atoms with van der Waals surface area (Å²) in [6, 6.07) is 3.21. The van der Waals surface area contributed by atoms with E-state index in [-0.39, 0.29) is 12.5 Å². The third-order valence-electron chi connectivity index (χ3n) is 2.55. The van der Waals surface area contributed by atoms with Crippen molar-refractivity contribution < 1.29 is 13.9 Å². The van der Waals surface area contributed by atoms with E-state index in [0.717, 1.165) is 11.6 Å². The molecule has 20 heavy (non-hydrogen) atoms. The molecule has 104 valence electrons. The molecule has 0 radical (unpaired) electrons. The zero-order valence-corrected chi connectivity index (χ0v) is 11.7. The van der Waals surface area contributed by atoms with E-state index < -0.39 is 11.6 Å². The Balaban J connectivity index is 2.48. The zero-order valence-electron chi connectivity index (χ0n) is 11.0. The number of ether oxygens (including phenoxy) is 1. The third-order valence-corrected chi connectivity index (χ3v) is 2.77. The average molecular weight is 294 g/mol. The Morgan fingerprint density at radius 3 is 2.95 bits per heavy atom. The van der Waals surface area contributed by atoms with Crippen molar-refractivity contribution in [1.82, 2.24) is 4.98 Å². The molecule has 0 aliphatic carbocycles. The first-order valence-corrected chi connectivity index (χ1v) is 6.35. The van der Waals surface area contributed by atoms with Crippen molar-refractivity contribution in [3.63, 3.8) is 0 Å². The number of halogens is 1. The maximum Gasteiger partial charge on any atom is 0.347 e. The Morgan fingerprint density at radius 2 is 2.25 bits per heavy atom. The van der Waals surface area contributed by atoms with Crippen molar-refractivity contribution in [3.8, 4) is 0 Å². The van der Waals surface area contributed by atoms with Crippen LogP contribution in [0.1, 0.15) is 18.4 Å². The summed E-state index contributed by atoms with van der Waals surface area (Å²) in [5.41, 5.74) is 0.699. The van der Waals surface area contributed by atoms with E-state index in [0.29, 0.717) is 15.9 Å². The van der Waals surface area contributed by atoms with E-state index in [1.807, 2.05) is 0 Å². The number of aromatic nitrogens is 1. The van der Waals surface area contributed by atoms with Gasteiger partial charge in [0.2, 0.25) is 5.89 Å². The summed E-state index contributed by atoms with van der Waals surface area (Å²) >= 11 is 5.89. The van der Waals surface area contributed by atoms with Crippen LogP contribution in [0.2, 0.25) is 5.02 Å². The van der Waals surface area contributed by atoms with Crippen LogP contribution in [0.25, 0.3) is 17.0 Å². The number of hydrogen-bond donors (Lipinski definition) is 0. The predicted molar refractivity (Wildman–Crippen MR) is 75.7 cm³/mol. The van der Waals surface area contributed by atoms with Gasteiger partial charge in [0.05, 0.1) is 17.5 Å². The summed E-state index contributed by atoms with van der Waals surface area (Å²) in [4.78, 5) is 27.3. The van der Waals surface area contributed by atoms with Gasteiger partial charge in [0.25, 0.3) is 0 Å². The summed E-state index contributed by atoms with van der Waals surface area (Å²) in [7, 11) is 0. The smallest absolute Gasteiger partial charge is 0.347 e. The minimum atomic E-state index is -0.552. The number of nitrogens with zero attached hydrogens (tertiary/aromatic N) is 1. The van der Waals surface area contributed by atoms with Gasteiger partial charge in [-0.2, -0.15) is 0 Å². The number of rotatable bonds is 3. The lowest BCUT2D eigenvalue weighted by Gasteiger charge is -2.02. The molecule has 0 N–H and O–H groups in total. The van der Waals surface area contributed by atoms with Gasteiger partial charge in [0.15, 0.2) is 0 Å². The summed E-state index contributed by atoms with van der Waals surface area (Å²) < 4.78 is 9.74. The summed E-state index contributed by atoms with van der Waals surface area (Å²) in [5.74, 6) is -0.481. The lowest BCUT2D eigenvalue weighted by Crippen LogP contribution is -2.05. The first-order chi connectivity index (χ1) is 9.51. The van der Waals surface area contributed by atoms with Gasteiger partial charge in [-0.05, 0) is 31.5 Å². The van der Waals surface area contributed by atoms with Crippen LogP contribution in [0.5, 0.6) is 0 Å². The van der Waals surface area contributed by atoms with Crippen LogP contribution >= 0.6 is 11.6 Å². The Kier molecular flexibility index (Phi) is 4.20. The first-order valence-electron chi connectivity index (χ1n) is 5.97. The van der Waals surface area contributed by atoms with Gasteiger partial charge in [-0.15, -0.1) is 0 Å². The van der Waals surface area contributed by atoms with Crippen LogP contribution in [0.3, 0.4) is 0 Å². The van der Waals surface area contributed by atoms with Crippen molar-refractivity contribution in [1.29, 1.82) is 0 Å². The molecule has 5 nitrogen and oxygen atoms in total. The van der Waals surface area contributed by atoms with E-state index in [1.54, 1.807) is 19.9 Å². The molecule has 0 saturated carbocycles. The van der Waals surface area contributed by atoms with Gasteiger partial charge in [-0.3, -0.25) is 0 Å². The monoisotopic (exact) mass is 293 g/mol. The van der Waals surface area contributed by atoms with Gasteiger partial charge in [0.1, 0.15) is 0 Å². The molecule has 0 saturated heterocycles. The van der Waals surface area contributed by atoms with Crippen molar-refractivity contribution >= 4 is 34.5 Å². The van der Waals surface area contributed by atoms with Crippen LogP contribution in [0, 0.1) is 6.92 Å².